The molecule has 0 spiro atoms. The summed E-state index contributed by atoms with van der Waals surface area (Å²) in [5, 5.41) is 20.4. The molecule has 0 bridgehead atoms. The maximum absolute atomic E-state index is 12.7. The highest BCUT2D eigenvalue weighted by Gasteiger charge is 2.18. The molecule has 0 radical (unpaired) electrons. The number of fused-ring (bicyclic) bond motifs is 1. The number of carbonyl (C=O) groups is 1. The van der Waals surface area contributed by atoms with Crippen molar-refractivity contribution in [3.05, 3.63) is 47.5 Å². The summed E-state index contributed by atoms with van der Waals surface area (Å²) in [6, 6.07) is 6.41. The highest BCUT2D eigenvalue weighted by Crippen LogP contribution is 2.28. The molecule has 3 aromatic heterocycles. The van der Waals surface area contributed by atoms with Crippen molar-refractivity contribution in [3.8, 4) is 11.1 Å². The zero-order valence-electron chi connectivity index (χ0n) is 16.0. The molecule has 1 aliphatic heterocycles. The lowest BCUT2D eigenvalue weighted by Gasteiger charge is -2.22. The van der Waals surface area contributed by atoms with E-state index in [0.29, 0.717) is 16.7 Å². The molecule has 0 aliphatic carbocycles. The van der Waals surface area contributed by atoms with Crippen LogP contribution in [-0.4, -0.2) is 44.0 Å². The van der Waals surface area contributed by atoms with Gasteiger partial charge in [0.15, 0.2) is 5.69 Å². The fraction of sp³-hybridized carbons (Fsp3) is 0.300. The van der Waals surface area contributed by atoms with Crippen LogP contribution in [0.3, 0.4) is 0 Å². The van der Waals surface area contributed by atoms with Crippen LogP contribution in [0.2, 0.25) is 0 Å². The summed E-state index contributed by atoms with van der Waals surface area (Å²) >= 11 is 1.44. The van der Waals surface area contributed by atoms with Crippen molar-refractivity contribution in [2.24, 2.45) is 0 Å². The number of hydrogen-bond acceptors (Lipinski definition) is 6. The molecule has 29 heavy (non-hydrogen) atoms. The van der Waals surface area contributed by atoms with Gasteiger partial charge in [0.2, 0.25) is 0 Å². The second-order valence-corrected chi connectivity index (χ2v) is 8.46. The van der Waals surface area contributed by atoms with Crippen molar-refractivity contribution in [2.75, 3.05) is 18.4 Å². The number of aromatic nitrogens is 5. The Balaban J connectivity index is 1.43. The van der Waals surface area contributed by atoms with Crippen LogP contribution in [0.1, 0.15) is 34.4 Å². The van der Waals surface area contributed by atoms with Gasteiger partial charge in [0.1, 0.15) is 5.00 Å². The number of aromatic amines is 1. The van der Waals surface area contributed by atoms with E-state index in [9.17, 15) is 4.79 Å². The van der Waals surface area contributed by atoms with Gasteiger partial charge in [0.25, 0.3) is 5.91 Å². The zero-order valence-corrected chi connectivity index (χ0v) is 16.8. The summed E-state index contributed by atoms with van der Waals surface area (Å²) in [5.74, 6) is -0.248. The molecule has 1 fully saturated rings. The molecule has 0 unspecified atom stereocenters. The van der Waals surface area contributed by atoms with Crippen molar-refractivity contribution in [3.63, 3.8) is 0 Å². The first-order chi connectivity index (χ1) is 14.2. The fourth-order valence-corrected chi connectivity index (χ4v) is 4.39. The van der Waals surface area contributed by atoms with Gasteiger partial charge in [0.05, 0.1) is 29.0 Å². The molecule has 4 heterocycles. The summed E-state index contributed by atoms with van der Waals surface area (Å²) in [6.07, 6.45) is 7.82. The molecular weight excluding hydrogens is 386 g/mol. The Hall–Kier alpha value is -3.04. The molecule has 4 aromatic rings. The van der Waals surface area contributed by atoms with Gasteiger partial charge in [-0.3, -0.25) is 14.6 Å². The van der Waals surface area contributed by atoms with Crippen LogP contribution < -0.4 is 10.6 Å². The zero-order chi connectivity index (χ0) is 19.8. The predicted octanol–water partition coefficient (Wildman–Crippen LogP) is 3.37. The second kappa shape index (κ2) is 7.41. The average molecular weight is 408 g/mol. The van der Waals surface area contributed by atoms with Gasteiger partial charge >= 0.3 is 0 Å². The molecule has 8 nitrogen and oxygen atoms in total. The number of rotatable bonds is 4. The normalized spacial score (nSPS) is 15.1. The molecule has 0 saturated carbocycles. The lowest BCUT2D eigenvalue weighted by Crippen LogP contribution is -2.29. The van der Waals surface area contributed by atoms with Crippen LogP contribution in [-0.2, 0) is 0 Å². The minimum Gasteiger partial charge on any atom is -0.317 e. The number of piperidine rings is 1. The van der Waals surface area contributed by atoms with Crippen LogP contribution in [0.5, 0.6) is 0 Å². The van der Waals surface area contributed by atoms with E-state index in [1.54, 1.807) is 6.20 Å². The molecule has 1 saturated heterocycles. The van der Waals surface area contributed by atoms with Crippen molar-refractivity contribution in [1.29, 1.82) is 0 Å². The number of hydrogen-bond donors (Lipinski definition) is 3. The SMILES string of the molecule is Cc1ncc(NC(=O)c2n[nH]c3ccc(-c4cnn(C5CCNCC5)c4)cc23)s1. The Kier molecular flexibility index (Phi) is 4.61. The van der Waals surface area contributed by atoms with Crippen LogP contribution in [0, 0.1) is 6.92 Å². The third-order valence-corrected chi connectivity index (χ3v) is 6.08. The number of amides is 1. The third kappa shape index (κ3) is 3.54. The topological polar surface area (TPSA) is 101 Å². The molecule has 1 aliphatic rings. The third-order valence-electron chi connectivity index (χ3n) is 5.25. The van der Waals surface area contributed by atoms with E-state index >= 15 is 0 Å². The van der Waals surface area contributed by atoms with E-state index in [4.69, 9.17) is 0 Å². The Morgan fingerprint density at radius 3 is 2.90 bits per heavy atom. The number of nitrogens with zero attached hydrogens (tertiary/aromatic N) is 4. The van der Waals surface area contributed by atoms with Crippen molar-refractivity contribution in [2.45, 2.75) is 25.8 Å². The first kappa shape index (κ1) is 18.0. The summed E-state index contributed by atoms with van der Waals surface area (Å²) in [6.45, 7) is 3.96. The first-order valence-electron chi connectivity index (χ1n) is 9.64. The summed E-state index contributed by atoms with van der Waals surface area (Å²) in [4.78, 5) is 16.9. The number of H-pyrrole nitrogens is 1. The van der Waals surface area contributed by atoms with Crippen molar-refractivity contribution in [1.82, 2.24) is 30.3 Å². The van der Waals surface area contributed by atoms with Crippen molar-refractivity contribution >= 4 is 33.1 Å². The van der Waals surface area contributed by atoms with Gasteiger partial charge in [0, 0.05) is 17.1 Å². The van der Waals surface area contributed by atoms with Gasteiger partial charge in [-0.25, -0.2) is 4.98 Å². The Labute approximate surface area is 171 Å². The predicted molar refractivity (Wildman–Crippen MR) is 113 cm³/mol. The van der Waals surface area contributed by atoms with Gasteiger partial charge in [-0.1, -0.05) is 6.07 Å². The highest BCUT2D eigenvalue weighted by atomic mass is 32.1. The number of benzene rings is 1. The summed E-state index contributed by atoms with van der Waals surface area (Å²) in [7, 11) is 0. The van der Waals surface area contributed by atoms with E-state index in [1.165, 1.54) is 11.3 Å². The molecule has 0 atom stereocenters. The molecule has 1 amide bonds. The van der Waals surface area contributed by atoms with Gasteiger partial charge in [-0.05, 0) is 50.6 Å². The van der Waals surface area contributed by atoms with E-state index in [-0.39, 0.29) is 5.91 Å². The number of anilines is 1. The number of carbonyl (C=O) groups excluding carboxylic acids is 1. The van der Waals surface area contributed by atoms with Crippen LogP contribution >= 0.6 is 11.3 Å². The standard InChI is InChI=1S/C20H21N7OS/c1-12-22-10-18(29-12)24-20(28)19-16-8-13(2-3-17(16)25-26-19)14-9-23-27(11-14)15-4-6-21-7-5-15/h2-3,8-11,15,21H,4-7H2,1H3,(H,24,28)(H,25,26). The van der Waals surface area contributed by atoms with E-state index in [1.807, 2.05) is 31.3 Å². The van der Waals surface area contributed by atoms with E-state index < -0.39 is 0 Å². The Bertz CT molecular complexity index is 1170. The average Bonchev–Trinajstić information content (AvgIpc) is 3.47. The smallest absolute Gasteiger partial charge is 0.277 e. The molecule has 9 heteroatoms. The molecule has 5 rings (SSSR count). The molecule has 3 N–H and O–H groups in total. The highest BCUT2D eigenvalue weighted by molar-refractivity contribution is 7.15. The first-order valence-corrected chi connectivity index (χ1v) is 10.5. The summed E-state index contributed by atoms with van der Waals surface area (Å²) < 4.78 is 2.06. The van der Waals surface area contributed by atoms with Gasteiger partial charge in [-0.15, -0.1) is 11.3 Å². The lowest BCUT2D eigenvalue weighted by atomic mass is 10.1. The Morgan fingerprint density at radius 2 is 2.10 bits per heavy atom. The fourth-order valence-electron chi connectivity index (χ4n) is 3.71. The molecular formula is C20H21N7OS. The number of aryl methyl sites for hydroxylation is 1. The van der Waals surface area contributed by atoms with Crippen molar-refractivity contribution < 1.29 is 4.79 Å². The maximum Gasteiger partial charge on any atom is 0.277 e. The number of nitrogens with one attached hydrogen (secondary N) is 3. The maximum atomic E-state index is 12.7. The largest absolute Gasteiger partial charge is 0.317 e. The van der Waals surface area contributed by atoms with Crippen LogP contribution in [0.15, 0.2) is 36.8 Å². The van der Waals surface area contributed by atoms with Gasteiger partial charge < -0.3 is 10.6 Å². The van der Waals surface area contributed by atoms with E-state index in [2.05, 4.69) is 41.8 Å². The second-order valence-electron chi connectivity index (χ2n) is 7.22. The molecule has 1 aromatic carbocycles. The quantitative estimate of drug-likeness (QED) is 0.482. The van der Waals surface area contributed by atoms with Crippen LogP contribution in [0.25, 0.3) is 22.0 Å². The Morgan fingerprint density at radius 1 is 1.24 bits per heavy atom. The minimum atomic E-state index is -0.248. The van der Waals surface area contributed by atoms with Crippen LogP contribution in [0.4, 0.5) is 5.00 Å². The monoisotopic (exact) mass is 407 g/mol. The number of thiazole rings is 1. The lowest BCUT2D eigenvalue weighted by molar-refractivity contribution is 0.102. The van der Waals surface area contributed by atoms with E-state index in [0.717, 1.165) is 53.0 Å². The molecule has 148 valence electrons. The summed E-state index contributed by atoms with van der Waals surface area (Å²) in [5.41, 5.74) is 3.25. The van der Waals surface area contributed by atoms with Gasteiger partial charge in [-0.2, -0.15) is 10.2 Å². The minimum absolute atomic E-state index is 0.248.